The van der Waals surface area contributed by atoms with E-state index >= 15 is 0 Å². The van der Waals surface area contributed by atoms with Gasteiger partial charge in [-0.05, 0) is 30.8 Å². The van der Waals surface area contributed by atoms with Gasteiger partial charge >= 0.3 is 0 Å². The number of carbonyl (C=O) groups excluding carboxylic acids is 1. The first-order chi connectivity index (χ1) is 12.3. The van der Waals surface area contributed by atoms with Crippen LogP contribution < -0.4 is 0 Å². The predicted molar refractivity (Wildman–Crippen MR) is 99.4 cm³/mol. The van der Waals surface area contributed by atoms with Gasteiger partial charge in [-0.1, -0.05) is 32.9 Å². The van der Waals surface area contributed by atoms with E-state index < -0.39 is 16.6 Å². The molecule has 0 radical (unpaired) electrons. The van der Waals surface area contributed by atoms with Gasteiger partial charge in [0.2, 0.25) is 0 Å². The zero-order valence-electron chi connectivity index (χ0n) is 16.3. The van der Waals surface area contributed by atoms with Gasteiger partial charge in [-0.3, -0.25) is 4.79 Å². The second-order valence-electron chi connectivity index (χ2n) is 9.46. The van der Waals surface area contributed by atoms with Crippen molar-refractivity contribution in [2.75, 3.05) is 19.8 Å². The van der Waals surface area contributed by atoms with Crippen molar-refractivity contribution in [3.63, 3.8) is 0 Å². The van der Waals surface area contributed by atoms with Crippen LogP contribution in [0.2, 0.25) is 0 Å². The van der Waals surface area contributed by atoms with E-state index in [9.17, 15) is 9.90 Å². The van der Waals surface area contributed by atoms with Crippen molar-refractivity contribution in [3.05, 3.63) is 24.3 Å². The van der Waals surface area contributed by atoms with Crippen LogP contribution in [0.3, 0.4) is 0 Å². The number of rotatable bonds is 2. The molecule has 0 aromatic heterocycles. The van der Waals surface area contributed by atoms with Crippen LogP contribution in [0, 0.1) is 28.1 Å². The third-order valence-corrected chi connectivity index (χ3v) is 8.26. The fourth-order valence-corrected chi connectivity index (χ4v) is 6.65. The number of ketones is 1. The maximum atomic E-state index is 13.7. The number of carbonyl (C=O) groups is 1. The van der Waals surface area contributed by atoms with Crippen molar-refractivity contribution >= 4 is 5.78 Å². The van der Waals surface area contributed by atoms with E-state index in [0.717, 1.165) is 31.3 Å². The summed E-state index contributed by atoms with van der Waals surface area (Å²) in [5.41, 5.74) is -0.0939. The second-order valence-corrected chi connectivity index (χ2v) is 9.46. The summed E-state index contributed by atoms with van der Waals surface area (Å²) in [7, 11) is 0. The first-order valence-electron chi connectivity index (χ1n) is 10.0. The maximum Gasteiger partial charge on any atom is 0.173 e. The molecule has 3 aliphatic carbocycles. The lowest BCUT2D eigenvalue weighted by atomic mass is 9.46. The number of aliphatic hydroxyl groups excluding tert-OH is 1. The number of hydrogen-bond acceptors (Lipinski definition) is 4. The van der Waals surface area contributed by atoms with Gasteiger partial charge in [-0.15, -0.1) is 6.58 Å². The molecule has 3 fully saturated rings. The molecule has 4 nitrogen and oxygen atoms in total. The van der Waals surface area contributed by atoms with Crippen LogP contribution in [-0.4, -0.2) is 36.5 Å². The summed E-state index contributed by atoms with van der Waals surface area (Å²) in [6, 6.07) is 0. The van der Waals surface area contributed by atoms with Crippen molar-refractivity contribution in [2.45, 2.75) is 58.7 Å². The van der Waals surface area contributed by atoms with Crippen molar-refractivity contribution in [2.24, 2.45) is 28.1 Å². The normalized spacial score (nSPS) is 49.2. The molecule has 1 N–H and O–H groups in total. The summed E-state index contributed by atoms with van der Waals surface area (Å²) >= 11 is 0. The smallest absolute Gasteiger partial charge is 0.173 e. The van der Waals surface area contributed by atoms with Gasteiger partial charge in [0.05, 0.1) is 19.8 Å². The molecule has 2 bridgehead atoms. The highest BCUT2D eigenvalue weighted by Crippen LogP contribution is 2.70. The van der Waals surface area contributed by atoms with Gasteiger partial charge in [-0.25, -0.2) is 0 Å². The fraction of sp³-hybridized carbons (Fsp3) is 0.773. The van der Waals surface area contributed by atoms with Crippen molar-refractivity contribution in [1.82, 2.24) is 0 Å². The average Bonchev–Trinajstić information content (AvgIpc) is 3.22. The molecule has 1 spiro atoms. The topological polar surface area (TPSA) is 55.8 Å². The summed E-state index contributed by atoms with van der Waals surface area (Å²) in [5.74, 6) is -0.151. The molecule has 0 aromatic rings. The maximum absolute atomic E-state index is 13.7. The Hall–Kier alpha value is -0.970. The molecule has 4 aliphatic rings. The minimum atomic E-state index is -0.671. The van der Waals surface area contributed by atoms with Gasteiger partial charge in [0.25, 0.3) is 0 Å². The minimum absolute atomic E-state index is 0.0225. The lowest BCUT2D eigenvalue weighted by Crippen LogP contribution is -2.60. The number of Topliss-reactive ketones (excluding diaryl/α,β-unsaturated/α-hetero) is 1. The van der Waals surface area contributed by atoms with E-state index in [1.54, 1.807) is 0 Å². The van der Waals surface area contributed by atoms with E-state index in [1.807, 2.05) is 6.08 Å². The highest BCUT2D eigenvalue weighted by Gasteiger charge is 2.71. The first kappa shape index (κ1) is 18.4. The first-order valence-corrected chi connectivity index (χ1v) is 10.0. The molecule has 26 heavy (non-hydrogen) atoms. The second kappa shape index (κ2) is 5.76. The van der Waals surface area contributed by atoms with Gasteiger partial charge < -0.3 is 14.6 Å². The van der Waals surface area contributed by atoms with Gasteiger partial charge in [-0.2, -0.15) is 0 Å². The van der Waals surface area contributed by atoms with Crippen LogP contribution in [-0.2, 0) is 14.3 Å². The Morgan fingerprint density at radius 3 is 2.58 bits per heavy atom. The molecule has 2 saturated carbocycles. The van der Waals surface area contributed by atoms with Crippen LogP contribution in [0.1, 0.15) is 52.9 Å². The Bertz CT molecular complexity index is 661. The van der Waals surface area contributed by atoms with Crippen LogP contribution in [0.25, 0.3) is 0 Å². The quantitative estimate of drug-likeness (QED) is 0.764. The minimum Gasteiger partial charge on any atom is -0.392 e. The van der Waals surface area contributed by atoms with Crippen molar-refractivity contribution in [3.8, 4) is 0 Å². The number of aliphatic hydroxyl groups is 1. The molecule has 0 amide bonds. The third-order valence-electron chi connectivity index (χ3n) is 8.26. The Kier molecular flexibility index (Phi) is 4.08. The lowest BCUT2D eigenvalue weighted by molar-refractivity contribution is -0.235. The molecule has 1 heterocycles. The van der Waals surface area contributed by atoms with Crippen LogP contribution >= 0.6 is 0 Å². The predicted octanol–water partition coefficient (Wildman–Crippen LogP) is 3.65. The van der Waals surface area contributed by atoms with E-state index in [2.05, 4.69) is 33.4 Å². The molecule has 5 atom stereocenters. The van der Waals surface area contributed by atoms with Crippen LogP contribution in [0.15, 0.2) is 24.3 Å². The molecule has 1 aliphatic heterocycles. The largest absolute Gasteiger partial charge is 0.392 e. The lowest BCUT2D eigenvalue weighted by Gasteiger charge is -2.58. The van der Waals surface area contributed by atoms with E-state index in [4.69, 9.17) is 9.47 Å². The standard InChI is InChI=1S/C22H32O4/c1-5-19(3)12-16(14-23)21-7-6-15(2)20(4,17(24)13-19)18(21)22(9-8-21)25-10-11-26-22/h5,12,15,18,23H,1,6-11,13-14H2,2-4H3/b16-12-/t15?,18?,19-,20-,21?/m0/s1. The molecule has 4 rings (SSSR count). The van der Waals surface area contributed by atoms with Crippen LogP contribution in [0.5, 0.6) is 0 Å². The van der Waals surface area contributed by atoms with Gasteiger partial charge in [0.1, 0.15) is 5.78 Å². The Morgan fingerprint density at radius 2 is 1.96 bits per heavy atom. The Morgan fingerprint density at radius 1 is 1.27 bits per heavy atom. The summed E-state index contributed by atoms with van der Waals surface area (Å²) in [6.45, 7) is 11.6. The van der Waals surface area contributed by atoms with Gasteiger partial charge in [0, 0.05) is 35.0 Å². The molecule has 144 valence electrons. The zero-order valence-corrected chi connectivity index (χ0v) is 16.3. The molecule has 0 aromatic carbocycles. The zero-order chi connectivity index (χ0) is 18.8. The SMILES string of the molecule is C=C[C@@]1(C)/C=C(/CO)C23CCC(C)[C@@](C)(C(=O)C1)C2C1(CC3)OCCO1. The average molecular weight is 360 g/mol. The molecular weight excluding hydrogens is 328 g/mol. The highest BCUT2D eigenvalue weighted by molar-refractivity contribution is 5.87. The summed E-state index contributed by atoms with van der Waals surface area (Å²) in [4.78, 5) is 13.7. The number of ether oxygens (including phenoxy) is 2. The van der Waals surface area contributed by atoms with E-state index in [0.29, 0.717) is 19.6 Å². The Balaban J connectivity index is 1.98. The number of hydrogen-bond donors (Lipinski definition) is 1. The summed E-state index contributed by atoms with van der Waals surface area (Å²) in [6.07, 6.45) is 8.11. The molecule has 1 saturated heterocycles. The van der Waals surface area contributed by atoms with E-state index in [-0.39, 0.29) is 29.6 Å². The van der Waals surface area contributed by atoms with Crippen molar-refractivity contribution in [1.29, 1.82) is 0 Å². The monoisotopic (exact) mass is 360 g/mol. The van der Waals surface area contributed by atoms with Gasteiger partial charge in [0.15, 0.2) is 5.79 Å². The number of allylic oxidation sites excluding steroid dienone is 2. The summed E-state index contributed by atoms with van der Waals surface area (Å²) in [5, 5.41) is 10.4. The molecule has 4 heteroatoms. The fourth-order valence-electron chi connectivity index (χ4n) is 6.65. The summed E-state index contributed by atoms with van der Waals surface area (Å²) < 4.78 is 12.5. The van der Waals surface area contributed by atoms with E-state index in [1.165, 1.54) is 0 Å². The molecular formula is C22H32O4. The van der Waals surface area contributed by atoms with Crippen molar-refractivity contribution < 1.29 is 19.4 Å². The van der Waals surface area contributed by atoms with Crippen LogP contribution in [0.4, 0.5) is 0 Å². The third kappa shape index (κ3) is 2.15. The highest BCUT2D eigenvalue weighted by atomic mass is 16.7. The Labute approximate surface area is 156 Å². The molecule has 3 unspecified atom stereocenters.